The molecule has 1 aromatic rings. The van der Waals surface area contributed by atoms with Crippen molar-refractivity contribution in [1.29, 1.82) is 0 Å². The number of amides is 1. The van der Waals surface area contributed by atoms with Crippen LogP contribution in [-0.2, 0) is 4.79 Å². The zero-order valence-corrected chi connectivity index (χ0v) is 12.6. The third kappa shape index (κ3) is 3.41. The second kappa shape index (κ2) is 6.41. The Morgan fingerprint density at radius 2 is 2.15 bits per heavy atom. The van der Waals surface area contributed by atoms with E-state index in [1.54, 1.807) is 13.3 Å². The van der Waals surface area contributed by atoms with E-state index in [0.717, 1.165) is 18.8 Å². The zero-order valence-electron chi connectivity index (χ0n) is 12.6. The van der Waals surface area contributed by atoms with Crippen molar-refractivity contribution < 1.29 is 9.21 Å². The van der Waals surface area contributed by atoms with Crippen molar-refractivity contribution in [1.82, 2.24) is 15.5 Å². The molecule has 0 spiro atoms. The van der Waals surface area contributed by atoms with Gasteiger partial charge in [-0.2, -0.15) is 0 Å². The van der Waals surface area contributed by atoms with Gasteiger partial charge < -0.3 is 15.1 Å². The van der Waals surface area contributed by atoms with Crippen LogP contribution in [0, 0.1) is 0 Å². The number of furan rings is 1. The minimum absolute atomic E-state index is 0.00996. The Labute approximate surface area is 120 Å². The monoisotopic (exact) mass is 279 g/mol. The van der Waals surface area contributed by atoms with Crippen LogP contribution in [0.3, 0.4) is 0 Å². The van der Waals surface area contributed by atoms with Crippen molar-refractivity contribution in [2.75, 3.05) is 26.7 Å². The molecule has 1 saturated heterocycles. The van der Waals surface area contributed by atoms with E-state index in [0.29, 0.717) is 6.54 Å². The van der Waals surface area contributed by atoms with E-state index in [1.165, 1.54) is 12.8 Å². The molecule has 5 heteroatoms. The summed E-state index contributed by atoms with van der Waals surface area (Å²) in [5.74, 6) is 0.935. The number of carbonyl (C=O) groups is 1. The van der Waals surface area contributed by atoms with Gasteiger partial charge in [0, 0.05) is 6.54 Å². The first-order valence-corrected chi connectivity index (χ1v) is 7.29. The third-order valence-corrected chi connectivity index (χ3v) is 4.10. The molecule has 5 nitrogen and oxygen atoms in total. The van der Waals surface area contributed by atoms with Gasteiger partial charge in [-0.3, -0.25) is 9.69 Å². The van der Waals surface area contributed by atoms with Gasteiger partial charge in [0.05, 0.1) is 17.8 Å². The molecule has 0 aliphatic carbocycles. The summed E-state index contributed by atoms with van der Waals surface area (Å²) in [6.07, 6.45) is 4.12. The van der Waals surface area contributed by atoms with E-state index in [1.807, 2.05) is 26.0 Å². The lowest BCUT2D eigenvalue weighted by Gasteiger charge is -2.28. The Morgan fingerprint density at radius 1 is 1.45 bits per heavy atom. The molecule has 1 atom stereocenters. The number of likely N-dealkylation sites (tertiary alicyclic amines) is 1. The molecule has 2 N–H and O–H groups in total. The summed E-state index contributed by atoms with van der Waals surface area (Å²) in [7, 11) is 1.80. The predicted molar refractivity (Wildman–Crippen MR) is 78.4 cm³/mol. The number of likely N-dealkylation sites (N-methyl/N-ethyl adjacent to an activating group) is 1. The fourth-order valence-corrected chi connectivity index (χ4v) is 2.47. The number of nitrogens with zero attached hydrogens (tertiary/aromatic N) is 1. The van der Waals surface area contributed by atoms with Crippen LogP contribution in [0.15, 0.2) is 22.8 Å². The van der Waals surface area contributed by atoms with Crippen molar-refractivity contribution in [3.05, 3.63) is 24.2 Å². The number of carbonyl (C=O) groups excluding carboxylic acids is 1. The van der Waals surface area contributed by atoms with Crippen molar-refractivity contribution in [3.63, 3.8) is 0 Å². The average molecular weight is 279 g/mol. The van der Waals surface area contributed by atoms with Crippen LogP contribution < -0.4 is 10.6 Å². The molecule has 1 aromatic heterocycles. The second-order valence-electron chi connectivity index (χ2n) is 5.86. The molecular weight excluding hydrogens is 254 g/mol. The maximum Gasteiger partial charge on any atom is 0.239 e. The van der Waals surface area contributed by atoms with E-state index < -0.39 is 5.54 Å². The van der Waals surface area contributed by atoms with Gasteiger partial charge in [-0.1, -0.05) is 0 Å². The summed E-state index contributed by atoms with van der Waals surface area (Å²) in [5.41, 5.74) is -0.557. The zero-order chi connectivity index (χ0) is 14.6. The van der Waals surface area contributed by atoms with E-state index in [2.05, 4.69) is 15.5 Å². The van der Waals surface area contributed by atoms with Crippen LogP contribution in [-0.4, -0.2) is 43.0 Å². The molecule has 2 heterocycles. The lowest BCUT2D eigenvalue weighted by molar-refractivity contribution is -0.126. The largest absolute Gasteiger partial charge is 0.468 e. The molecule has 0 radical (unpaired) electrons. The molecule has 1 amide bonds. The van der Waals surface area contributed by atoms with Gasteiger partial charge in [0.15, 0.2) is 0 Å². The van der Waals surface area contributed by atoms with Crippen LogP contribution in [0.2, 0.25) is 0 Å². The molecule has 0 bridgehead atoms. The quantitative estimate of drug-likeness (QED) is 0.829. The Kier molecular flexibility index (Phi) is 4.83. The molecule has 1 unspecified atom stereocenters. The predicted octanol–water partition coefficient (Wildman–Crippen LogP) is 1.53. The number of rotatable bonds is 6. The Bertz CT molecular complexity index is 422. The van der Waals surface area contributed by atoms with Crippen LogP contribution in [0.5, 0.6) is 0 Å². The summed E-state index contributed by atoms with van der Waals surface area (Å²) in [6.45, 7) is 6.46. The average Bonchev–Trinajstić information content (AvgIpc) is 3.12. The van der Waals surface area contributed by atoms with Crippen LogP contribution in [0.1, 0.15) is 38.5 Å². The highest BCUT2D eigenvalue weighted by Gasteiger charge is 2.29. The van der Waals surface area contributed by atoms with Crippen molar-refractivity contribution in [3.8, 4) is 0 Å². The lowest BCUT2D eigenvalue weighted by atomic mass is 10.0. The van der Waals surface area contributed by atoms with Gasteiger partial charge in [0.1, 0.15) is 5.76 Å². The van der Waals surface area contributed by atoms with E-state index in [-0.39, 0.29) is 11.9 Å². The molecule has 2 rings (SSSR count). The highest BCUT2D eigenvalue weighted by Crippen LogP contribution is 2.25. The standard InChI is InChI=1S/C15H25N3O2/c1-15(2,16-3)14(19)17-11-12(13-7-6-10-20-13)18-8-4-5-9-18/h6-7,10,12,16H,4-5,8-9,11H2,1-3H3,(H,17,19). The van der Waals surface area contributed by atoms with Gasteiger partial charge in [0.25, 0.3) is 0 Å². The molecule has 0 aromatic carbocycles. The van der Waals surface area contributed by atoms with Crippen molar-refractivity contribution in [2.45, 2.75) is 38.3 Å². The number of hydrogen-bond donors (Lipinski definition) is 2. The van der Waals surface area contributed by atoms with Gasteiger partial charge in [-0.05, 0) is 59.0 Å². The first kappa shape index (κ1) is 15.1. The molecule has 0 saturated carbocycles. The van der Waals surface area contributed by atoms with Gasteiger partial charge in [0.2, 0.25) is 5.91 Å². The topological polar surface area (TPSA) is 57.5 Å². The first-order chi connectivity index (χ1) is 9.54. The van der Waals surface area contributed by atoms with Gasteiger partial charge >= 0.3 is 0 Å². The maximum absolute atomic E-state index is 12.2. The summed E-state index contributed by atoms with van der Waals surface area (Å²) in [4.78, 5) is 14.5. The first-order valence-electron chi connectivity index (χ1n) is 7.29. The van der Waals surface area contributed by atoms with E-state index in [4.69, 9.17) is 4.42 Å². The molecule has 1 aliphatic heterocycles. The molecule has 1 aliphatic rings. The Hall–Kier alpha value is -1.33. The Morgan fingerprint density at radius 3 is 2.70 bits per heavy atom. The molecule has 1 fully saturated rings. The molecule has 20 heavy (non-hydrogen) atoms. The normalized spacial score (nSPS) is 18.1. The maximum atomic E-state index is 12.2. The van der Waals surface area contributed by atoms with Gasteiger partial charge in [-0.25, -0.2) is 0 Å². The van der Waals surface area contributed by atoms with Crippen LogP contribution >= 0.6 is 0 Å². The Balaban J connectivity index is 2.00. The highest BCUT2D eigenvalue weighted by atomic mass is 16.3. The van der Waals surface area contributed by atoms with Crippen LogP contribution in [0.4, 0.5) is 0 Å². The summed E-state index contributed by atoms with van der Waals surface area (Å²) in [6, 6.07) is 4.01. The lowest BCUT2D eigenvalue weighted by Crippen LogP contribution is -2.52. The van der Waals surface area contributed by atoms with E-state index in [9.17, 15) is 4.79 Å². The summed E-state index contributed by atoms with van der Waals surface area (Å²) >= 11 is 0. The minimum atomic E-state index is -0.557. The smallest absolute Gasteiger partial charge is 0.239 e. The van der Waals surface area contributed by atoms with Gasteiger partial charge in [-0.15, -0.1) is 0 Å². The van der Waals surface area contributed by atoms with Crippen molar-refractivity contribution in [2.24, 2.45) is 0 Å². The van der Waals surface area contributed by atoms with Crippen LogP contribution in [0.25, 0.3) is 0 Å². The van der Waals surface area contributed by atoms with Crippen molar-refractivity contribution >= 4 is 5.91 Å². The number of hydrogen-bond acceptors (Lipinski definition) is 4. The fraction of sp³-hybridized carbons (Fsp3) is 0.667. The highest BCUT2D eigenvalue weighted by molar-refractivity contribution is 5.85. The molecular formula is C15H25N3O2. The van der Waals surface area contributed by atoms with E-state index >= 15 is 0 Å². The summed E-state index contributed by atoms with van der Waals surface area (Å²) < 4.78 is 5.54. The SMILES string of the molecule is CNC(C)(C)C(=O)NCC(c1ccco1)N1CCCC1. The number of nitrogens with one attached hydrogen (secondary N) is 2. The fourth-order valence-electron chi connectivity index (χ4n) is 2.47. The third-order valence-electron chi connectivity index (χ3n) is 4.10. The second-order valence-corrected chi connectivity index (χ2v) is 5.86. The molecule has 112 valence electrons. The summed E-state index contributed by atoms with van der Waals surface area (Å²) in [5, 5.41) is 6.06. The minimum Gasteiger partial charge on any atom is -0.468 e.